The molecule has 0 saturated heterocycles. The molecule has 2 aromatic carbocycles. The second kappa shape index (κ2) is 6.61. The molecule has 3 nitrogen and oxygen atoms in total. The second-order valence-corrected chi connectivity index (χ2v) is 7.02. The van der Waals surface area contributed by atoms with E-state index in [4.69, 9.17) is 4.74 Å². The first-order chi connectivity index (χ1) is 12.2. The lowest BCUT2D eigenvalue weighted by Gasteiger charge is -2.42. The standard InChI is InChI=1S/C19H17BrF3NO2/c1-3-18(4-2)17(25)24(14-7-5-6-13(20)11-14)15-9-8-12(19(21,22)23)10-16(15)26-18/h5-11H,3-4H2,1-2H3. The van der Waals surface area contributed by atoms with E-state index < -0.39 is 17.3 Å². The van der Waals surface area contributed by atoms with Crippen LogP contribution in [0.4, 0.5) is 24.5 Å². The van der Waals surface area contributed by atoms with E-state index >= 15 is 0 Å². The largest absolute Gasteiger partial charge is 0.475 e. The van der Waals surface area contributed by atoms with Gasteiger partial charge in [-0.3, -0.25) is 9.69 Å². The van der Waals surface area contributed by atoms with Crippen molar-refractivity contribution in [1.29, 1.82) is 0 Å². The van der Waals surface area contributed by atoms with Gasteiger partial charge < -0.3 is 4.74 Å². The third-order valence-corrected chi connectivity index (χ3v) is 5.13. The second-order valence-electron chi connectivity index (χ2n) is 6.10. The van der Waals surface area contributed by atoms with Gasteiger partial charge in [0.05, 0.1) is 16.9 Å². The number of nitrogens with zero attached hydrogens (tertiary/aromatic N) is 1. The molecular weight excluding hydrogens is 411 g/mol. The van der Waals surface area contributed by atoms with E-state index in [0.29, 0.717) is 24.2 Å². The van der Waals surface area contributed by atoms with Gasteiger partial charge in [0.15, 0.2) is 5.60 Å². The highest BCUT2D eigenvalue weighted by atomic mass is 79.9. The monoisotopic (exact) mass is 427 g/mol. The highest BCUT2D eigenvalue weighted by Gasteiger charge is 2.47. The number of alkyl halides is 3. The van der Waals surface area contributed by atoms with Crippen LogP contribution in [0.1, 0.15) is 32.3 Å². The van der Waals surface area contributed by atoms with Gasteiger partial charge in [0.25, 0.3) is 5.91 Å². The number of hydrogen-bond acceptors (Lipinski definition) is 2. The number of anilines is 2. The molecule has 0 radical (unpaired) electrons. The lowest BCUT2D eigenvalue weighted by atomic mass is 9.92. The molecule has 1 amide bonds. The first-order valence-corrected chi connectivity index (χ1v) is 9.01. The average molecular weight is 428 g/mol. The molecule has 0 atom stereocenters. The molecule has 0 N–H and O–H groups in total. The van der Waals surface area contributed by atoms with Crippen molar-refractivity contribution in [1.82, 2.24) is 0 Å². The molecule has 1 heterocycles. The van der Waals surface area contributed by atoms with Crippen molar-refractivity contribution < 1.29 is 22.7 Å². The molecule has 0 aliphatic carbocycles. The maximum Gasteiger partial charge on any atom is 0.416 e. The van der Waals surface area contributed by atoms with Gasteiger partial charge in [-0.25, -0.2) is 0 Å². The van der Waals surface area contributed by atoms with E-state index in [0.717, 1.165) is 16.6 Å². The number of fused-ring (bicyclic) bond motifs is 1. The van der Waals surface area contributed by atoms with Crippen LogP contribution in [0.25, 0.3) is 0 Å². The summed E-state index contributed by atoms with van der Waals surface area (Å²) < 4.78 is 46.0. The number of hydrogen-bond donors (Lipinski definition) is 0. The fourth-order valence-electron chi connectivity index (χ4n) is 3.09. The average Bonchev–Trinajstić information content (AvgIpc) is 2.60. The Morgan fingerprint density at radius 3 is 2.38 bits per heavy atom. The van der Waals surface area contributed by atoms with Crippen molar-refractivity contribution in [2.75, 3.05) is 4.90 Å². The Balaban J connectivity index is 2.22. The van der Waals surface area contributed by atoms with E-state index in [9.17, 15) is 18.0 Å². The van der Waals surface area contributed by atoms with Crippen LogP contribution < -0.4 is 9.64 Å². The van der Waals surface area contributed by atoms with Gasteiger partial charge in [-0.05, 0) is 49.2 Å². The summed E-state index contributed by atoms with van der Waals surface area (Å²) in [7, 11) is 0. The van der Waals surface area contributed by atoms with Gasteiger partial charge in [0.2, 0.25) is 0 Å². The normalized spacial score (nSPS) is 16.2. The molecule has 0 saturated carbocycles. The van der Waals surface area contributed by atoms with E-state index in [2.05, 4.69) is 15.9 Å². The Bertz CT molecular complexity index is 847. The summed E-state index contributed by atoms with van der Waals surface area (Å²) >= 11 is 3.37. The summed E-state index contributed by atoms with van der Waals surface area (Å²) in [6.45, 7) is 3.58. The zero-order valence-corrected chi connectivity index (χ0v) is 15.8. The van der Waals surface area contributed by atoms with Crippen molar-refractivity contribution in [3.8, 4) is 5.75 Å². The minimum Gasteiger partial charge on any atom is -0.475 e. The van der Waals surface area contributed by atoms with Gasteiger partial charge >= 0.3 is 6.18 Å². The van der Waals surface area contributed by atoms with Crippen LogP contribution in [0.5, 0.6) is 5.75 Å². The number of rotatable bonds is 3. The van der Waals surface area contributed by atoms with Crippen molar-refractivity contribution >= 4 is 33.2 Å². The van der Waals surface area contributed by atoms with E-state index in [1.807, 2.05) is 6.07 Å². The zero-order valence-electron chi connectivity index (χ0n) is 14.2. The molecule has 0 fully saturated rings. The van der Waals surface area contributed by atoms with Crippen LogP contribution in [0, 0.1) is 0 Å². The van der Waals surface area contributed by atoms with Crippen LogP contribution in [0.2, 0.25) is 0 Å². The molecule has 1 aliphatic rings. The molecule has 1 aliphatic heterocycles. The molecule has 3 rings (SSSR count). The van der Waals surface area contributed by atoms with Gasteiger partial charge in [0, 0.05) is 4.47 Å². The number of amides is 1. The van der Waals surface area contributed by atoms with Crippen molar-refractivity contribution in [3.63, 3.8) is 0 Å². The summed E-state index contributed by atoms with van der Waals surface area (Å²) in [5.41, 5.74) is -1.13. The number of benzene rings is 2. The molecular formula is C19H17BrF3NO2. The molecule has 0 aromatic heterocycles. The summed E-state index contributed by atoms with van der Waals surface area (Å²) in [6, 6.07) is 10.3. The first-order valence-electron chi connectivity index (χ1n) is 8.22. The van der Waals surface area contributed by atoms with Crippen molar-refractivity contribution in [3.05, 3.63) is 52.5 Å². The Kier molecular flexibility index (Phi) is 4.77. The van der Waals surface area contributed by atoms with Crippen molar-refractivity contribution in [2.24, 2.45) is 0 Å². The lowest BCUT2D eigenvalue weighted by molar-refractivity contribution is -0.138. The van der Waals surface area contributed by atoms with Crippen LogP contribution in [0.15, 0.2) is 46.9 Å². The molecule has 7 heteroatoms. The minimum atomic E-state index is -4.48. The SMILES string of the molecule is CCC1(CC)Oc2cc(C(F)(F)F)ccc2N(c2cccc(Br)c2)C1=O. The Hall–Kier alpha value is -2.02. The molecule has 0 unspecified atom stereocenters. The van der Waals surface area contributed by atoms with Crippen molar-refractivity contribution in [2.45, 2.75) is 38.5 Å². The van der Waals surface area contributed by atoms with Gasteiger partial charge in [0.1, 0.15) is 5.75 Å². The fraction of sp³-hybridized carbons (Fsp3) is 0.316. The maximum atomic E-state index is 13.2. The highest BCUT2D eigenvalue weighted by Crippen LogP contribution is 2.46. The van der Waals surface area contributed by atoms with E-state index in [-0.39, 0.29) is 11.7 Å². The third kappa shape index (κ3) is 3.09. The predicted molar refractivity (Wildman–Crippen MR) is 96.7 cm³/mol. The molecule has 2 aromatic rings. The van der Waals surface area contributed by atoms with E-state index in [1.165, 1.54) is 11.0 Å². The predicted octanol–water partition coefficient (Wildman–Crippen LogP) is 6.08. The number of carbonyl (C=O) groups is 1. The number of halogens is 4. The number of ether oxygens (including phenoxy) is 1. The Morgan fingerprint density at radius 2 is 1.81 bits per heavy atom. The first kappa shape index (κ1) is 18.8. The fourth-order valence-corrected chi connectivity index (χ4v) is 3.48. The van der Waals surface area contributed by atoms with Gasteiger partial charge in [-0.2, -0.15) is 13.2 Å². The summed E-state index contributed by atoms with van der Waals surface area (Å²) in [5, 5.41) is 0. The Morgan fingerprint density at radius 1 is 1.12 bits per heavy atom. The topological polar surface area (TPSA) is 29.5 Å². The molecule has 0 spiro atoms. The van der Waals surface area contributed by atoms with Gasteiger partial charge in [-0.15, -0.1) is 0 Å². The van der Waals surface area contributed by atoms with Crippen LogP contribution in [-0.4, -0.2) is 11.5 Å². The summed E-state index contributed by atoms with van der Waals surface area (Å²) in [4.78, 5) is 14.7. The minimum absolute atomic E-state index is 0.0584. The molecule has 0 bridgehead atoms. The lowest BCUT2D eigenvalue weighted by Crippen LogP contribution is -2.54. The smallest absolute Gasteiger partial charge is 0.416 e. The molecule has 26 heavy (non-hydrogen) atoms. The Labute approximate surface area is 157 Å². The zero-order chi connectivity index (χ0) is 19.1. The maximum absolute atomic E-state index is 13.2. The van der Waals surface area contributed by atoms with Crippen LogP contribution in [0.3, 0.4) is 0 Å². The van der Waals surface area contributed by atoms with Crippen LogP contribution >= 0.6 is 15.9 Å². The highest BCUT2D eigenvalue weighted by molar-refractivity contribution is 9.10. The van der Waals surface area contributed by atoms with E-state index in [1.54, 1.807) is 32.0 Å². The summed E-state index contributed by atoms with van der Waals surface area (Å²) in [6.07, 6.45) is -3.79. The quantitative estimate of drug-likeness (QED) is 0.593. The molecule has 138 valence electrons. The van der Waals surface area contributed by atoms with Gasteiger partial charge in [-0.1, -0.05) is 35.8 Å². The third-order valence-electron chi connectivity index (χ3n) is 4.63. The summed E-state index contributed by atoms with van der Waals surface area (Å²) in [5.74, 6) is -0.226. The van der Waals surface area contributed by atoms with Crippen LogP contribution in [-0.2, 0) is 11.0 Å². The number of carbonyl (C=O) groups excluding carboxylic acids is 1.